The zero-order valence-electron chi connectivity index (χ0n) is 14.9. The maximum atomic E-state index is 13.5. The highest BCUT2D eigenvalue weighted by atomic mass is 19.1. The predicted octanol–water partition coefficient (Wildman–Crippen LogP) is 3.93. The number of esters is 1. The molecular weight excluding hydrogens is 349 g/mol. The van der Waals surface area contributed by atoms with Gasteiger partial charge in [-0.3, -0.25) is 9.59 Å². The fourth-order valence-corrected chi connectivity index (χ4v) is 2.73. The zero-order chi connectivity index (χ0) is 19.2. The molecule has 1 N–H and O–H groups in total. The van der Waals surface area contributed by atoms with E-state index in [1.54, 1.807) is 25.1 Å². The van der Waals surface area contributed by atoms with Crippen LogP contribution in [-0.4, -0.2) is 18.5 Å². The third-order valence-electron chi connectivity index (χ3n) is 4.17. The van der Waals surface area contributed by atoms with Crippen LogP contribution < -0.4 is 5.32 Å². The molecule has 3 rings (SSSR count). The SMILES string of the molecule is C[C@@H](NC(=O)COC(=O)CCc1ccccc1F)c1cc2ccccc2o1. The van der Waals surface area contributed by atoms with E-state index in [0.717, 1.165) is 11.0 Å². The molecule has 3 aromatic rings. The lowest BCUT2D eigenvalue weighted by Crippen LogP contribution is -2.31. The van der Waals surface area contributed by atoms with E-state index < -0.39 is 11.9 Å². The standard InChI is InChI=1S/C21H20FNO4/c1-14(19-12-16-7-3-5-9-18(16)27-19)23-20(24)13-26-21(25)11-10-15-6-2-4-8-17(15)22/h2-9,12,14H,10-11,13H2,1H3,(H,23,24)/t14-/m1/s1. The van der Waals surface area contributed by atoms with E-state index >= 15 is 0 Å². The highest BCUT2D eigenvalue weighted by Gasteiger charge is 2.15. The van der Waals surface area contributed by atoms with Crippen molar-refractivity contribution in [2.75, 3.05) is 6.61 Å². The van der Waals surface area contributed by atoms with Gasteiger partial charge < -0.3 is 14.5 Å². The van der Waals surface area contributed by atoms with Crippen molar-refractivity contribution >= 4 is 22.8 Å². The maximum Gasteiger partial charge on any atom is 0.306 e. The number of hydrogen-bond acceptors (Lipinski definition) is 4. The second-order valence-corrected chi connectivity index (χ2v) is 6.23. The third kappa shape index (κ3) is 4.94. The van der Waals surface area contributed by atoms with E-state index in [4.69, 9.17) is 9.15 Å². The molecule has 6 heteroatoms. The minimum absolute atomic E-state index is 0.00728. The summed E-state index contributed by atoms with van der Waals surface area (Å²) in [7, 11) is 0. The normalized spacial score (nSPS) is 11.9. The van der Waals surface area contributed by atoms with Crippen molar-refractivity contribution in [1.29, 1.82) is 0 Å². The lowest BCUT2D eigenvalue weighted by Gasteiger charge is -2.11. The van der Waals surface area contributed by atoms with Crippen molar-refractivity contribution < 1.29 is 23.1 Å². The van der Waals surface area contributed by atoms with Gasteiger partial charge in [0.1, 0.15) is 17.2 Å². The molecule has 0 aliphatic heterocycles. The first-order valence-electron chi connectivity index (χ1n) is 8.70. The molecule has 0 spiro atoms. The Balaban J connectivity index is 1.44. The number of aryl methyl sites for hydroxylation is 1. The van der Waals surface area contributed by atoms with Crippen LogP contribution in [0.2, 0.25) is 0 Å². The van der Waals surface area contributed by atoms with Gasteiger partial charge in [0.25, 0.3) is 5.91 Å². The van der Waals surface area contributed by atoms with Crippen LogP contribution >= 0.6 is 0 Å². The average molecular weight is 369 g/mol. The summed E-state index contributed by atoms with van der Waals surface area (Å²) in [4.78, 5) is 23.7. The van der Waals surface area contributed by atoms with Crippen molar-refractivity contribution in [2.45, 2.75) is 25.8 Å². The Bertz CT molecular complexity index is 917. The van der Waals surface area contributed by atoms with Crippen LogP contribution in [0.3, 0.4) is 0 Å². The van der Waals surface area contributed by atoms with Crippen LogP contribution in [0.5, 0.6) is 0 Å². The number of hydrogen-bond donors (Lipinski definition) is 1. The van der Waals surface area contributed by atoms with Gasteiger partial charge in [-0.2, -0.15) is 0 Å². The van der Waals surface area contributed by atoms with E-state index in [1.807, 2.05) is 30.3 Å². The van der Waals surface area contributed by atoms with Crippen LogP contribution in [0.15, 0.2) is 59.0 Å². The molecule has 27 heavy (non-hydrogen) atoms. The molecule has 1 aromatic heterocycles. The molecule has 0 aliphatic rings. The number of nitrogens with one attached hydrogen (secondary N) is 1. The zero-order valence-corrected chi connectivity index (χ0v) is 14.9. The summed E-state index contributed by atoms with van der Waals surface area (Å²) in [6.07, 6.45) is 0.232. The van der Waals surface area contributed by atoms with E-state index in [0.29, 0.717) is 11.3 Å². The van der Waals surface area contributed by atoms with Crippen LogP contribution in [0, 0.1) is 5.82 Å². The first kappa shape index (κ1) is 18.6. The molecule has 1 amide bonds. The van der Waals surface area contributed by atoms with Gasteiger partial charge in [0.05, 0.1) is 6.04 Å². The Morgan fingerprint density at radius 3 is 2.67 bits per heavy atom. The molecule has 0 aliphatic carbocycles. The number of carbonyl (C=O) groups is 2. The van der Waals surface area contributed by atoms with Crippen LogP contribution in [0.25, 0.3) is 11.0 Å². The molecule has 0 bridgehead atoms. The smallest absolute Gasteiger partial charge is 0.306 e. The molecule has 1 heterocycles. The first-order chi connectivity index (χ1) is 13.0. The molecule has 0 saturated heterocycles. The van der Waals surface area contributed by atoms with Crippen LogP contribution in [0.4, 0.5) is 4.39 Å². The molecule has 0 fully saturated rings. The molecule has 140 valence electrons. The highest BCUT2D eigenvalue weighted by Crippen LogP contribution is 2.23. The third-order valence-corrected chi connectivity index (χ3v) is 4.17. The van der Waals surface area contributed by atoms with Gasteiger partial charge in [-0.15, -0.1) is 0 Å². The first-order valence-corrected chi connectivity index (χ1v) is 8.70. The fraction of sp³-hybridized carbons (Fsp3) is 0.238. The van der Waals surface area contributed by atoms with Crippen molar-refractivity contribution in [1.82, 2.24) is 5.32 Å². The van der Waals surface area contributed by atoms with Gasteiger partial charge >= 0.3 is 5.97 Å². The summed E-state index contributed by atoms with van der Waals surface area (Å²) in [6, 6.07) is 15.3. The number of rotatable bonds is 7. The van der Waals surface area contributed by atoms with E-state index in [1.165, 1.54) is 6.07 Å². The van der Waals surface area contributed by atoms with Gasteiger partial charge in [-0.05, 0) is 37.1 Å². The number of amides is 1. The van der Waals surface area contributed by atoms with Gasteiger partial charge in [0.15, 0.2) is 6.61 Å². The topological polar surface area (TPSA) is 68.5 Å². The van der Waals surface area contributed by atoms with Gasteiger partial charge in [0, 0.05) is 11.8 Å². The Labute approximate surface area is 156 Å². The summed E-state index contributed by atoms with van der Waals surface area (Å²) >= 11 is 0. The Morgan fingerprint density at radius 2 is 1.89 bits per heavy atom. The number of fused-ring (bicyclic) bond motifs is 1. The lowest BCUT2D eigenvalue weighted by atomic mass is 10.1. The Hall–Kier alpha value is -3.15. The quantitative estimate of drug-likeness (QED) is 0.641. The lowest BCUT2D eigenvalue weighted by molar-refractivity contribution is -0.148. The van der Waals surface area contributed by atoms with E-state index in [-0.39, 0.29) is 31.3 Å². The maximum absolute atomic E-state index is 13.5. The number of para-hydroxylation sites is 1. The predicted molar refractivity (Wildman–Crippen MR) is 98.5 cm³/mol. The monoisotopic (exact) mass is 369 g/mol. The molecular formula is C21H20FNO4. The highest BCUT2D eigenvalue weighted by molar-refractivity contribution is 5.81. The Kier molecular flexibility index (Phi) is 5.86. The summed E-state index contributed by atoms with van der Waals surface area (Å²) in [5.74, 6) is -0.717. The average Bonchev–Trinajstić information content (AvgIpc) is 3.10. The minimum atomic E-state index is -0.551. The van der Waals surface area contributed by atoms with Crippen molar-refractivity contribution in [3.8, 4) is 0 Å². The van der Waals surface area contributed by atoms with Gasteiger partial charge in [-0.1, -0.05) is 36.4 Å². The van der Waals surface area contributed by atoms with Crippen LogP contribution in [0.1, 0.15) is 30.7 Å². The van der Waals surface area contributed by atoms with Gasteiger partial charge in [-0.25, -0.2) is 4.39 Å². The molecule has 0 saturated carbocycles. The number of halogens is 1. The van der Waals surface area contributed by atoms with Crippen molar-refractivity contribution in [2.24, 2.45) is 0 Å². The molecule has 5 nitrogen and oxygen atoms in total. The molecule has 2 aromatic carbocycles. The van der Waals surface area contributed by atoms with E-state index in [2.05, 4.69) is 5.32 Å². The fourth-order valence-electron chi connectivity index (χ4n) is 2.73. The summed E-state index contributed by atoms with van der Waals surface area (Å²) < 4.78 is 24.2. The summed E-state index contributed by atoms with van der Waals surface area (Å²) in [5.41, 5.74) is 1.19. The number of benzene rings is 2. The molecule has 0 unspecified atom stereocenters. The second kappa shape index (κ2) is 8.49. The second-order valence-electron chi connectivity index (χ2n) is 6.23. The Morgan fingerprint density at radius 1 is 1.15 bits per heavy atom. The summed E-state index contributed by atoms with van der Waals surface area (Å²) in [5, 5.41) is 3.68. The van der Waals surface area contributed by atoms with Gasteiger partial charge in [0.2, 0.25) is 0 Å². The molecule has 0 radical (unpaired) electrons. The minimum Gasteiger partial charge on any atom is -0.459 e. The number of ether oxygens (including phenoxy) is 1. The summed E-state index contributed by atoms with van der Waals surface area (Å²) in [6.45, 7) is 1.40. The van der Waals surface area contributed by atoms with E-state index in [9.17, 15) is 14.0 Å². The number of carbonyl (C=O) groups excluding carboxylic acids is 2. The number of furan rings is 1. The van der Waals surface area contributed by atoms with Crippen molar-refractivity contribution in [3.05, 3.63) is 71.7 Å². The van der Waals surface area contributed by atoms with Crippen LogP contribution in [-0.2, 0) is 20.7 Å². The molecule has 1 atom stereocenters. The largest absolute Gasteiger partial charge is 0.459 e. The van der Waals surface area contributed by atoms with Crippen molar-refractivity contribution in [3.63, 3.8) is 0 Å².